The Balaban J connectivity index is 1.91. The van der Waals surface area contributed by atoms with Crippen molar-refractivity contribution < 1.29 is 32.8 Å². The summed E-state index contributed by atoms with van der Waals surface area (Å²) in [4.78, 5) is 0. The van der Waals surface area contributed by atoms with Gasteiger partial charge in [-0.2, -0.15) is 0 Å². The molecule has 158 valence electrons. The van der Waals surface area contributed by atoms with Crippen LogP contribution in [0.3, 0.4) is 0 Å². The van der Waals surface area contributed by atoms with Gasteiger partial charge in [0.05, 0.1) is 50.3 Å². The summed E-state index contributed by atoms with van der Waals surface area (Å²) in [5, 5.41) is 0.971. The Morgan fingerprint density at radius 1 is 0.655 bits per heavy atom. The summed E-state index contributed by atoms with van der Waals surface area (Å²) >= 11 is 0. The maximum Gasteiger partial charge on any atom is 0.268 e. The standard InChI is InChI=1S/C21H27O7P/c1-23-29(22)20-8-4-2-6-18(20)27-16-14-25-12-10-24-11-13-26-15-17-28-19-7-3-5-9-21(19)29/h2-9H,10-17H2,1H3. The molecule has 0 N–H and O–H groups in total. The summed E-state index contributed by atoms with van der Waals surface area (Å²) < 4.78 is 47.8. The predicted octanol–water partition coefficient (Wildman–Crippen LogP) is 2.38. The van der Waals surface area contributed by atoms with Gasteiger partial charge in [0.15, 0.2) is 0 Å². The van der Waals surface area contributed by atoms with Gasteiger partial charge in [-0.1, -0.05) is 24.3 Å². The van der Waals surface area contributed by atoms with Gasteiger partial charge in [-0.25, -0.2) is 0 Å². The molecule has 0 atom stereocenters. The van der Waals surface area contributed by atoms with Crippen molar-refractivity contribution in [3.8, 4) is 11.5 Å². The van der Waals surface area contributed by atoms with Crippen molar-refractivity contribution in [2.45, 2.75) is 0 Å². The maximum absolute atomic E-state index is 14.0. The minimum atomic E-state index is -3.44. The average Bonchev–Trinajstić information content (AvgIpc) is 2.76. The zero-order valence-electron chi connectivity index (χ0n) is 16.6. The van der Waals surface area contributed by atoms with E-state index in [4.69, 9.17) is 28.2 Å². The van der Waals surface area contributed by atoms with Crippen molar-refractivity contribution in [1.29, 1.82) is 0 Å². The van der Waals surface area contributed by atoms with Crippen LogP contribution in [0.15, 0.2) is 48.5 Å². The molecule has 0 aliphatic carbocycles. The Morgan fingerprint density at radius 3 is 1.45 bits per heavy atom. The average molecular weight is 422 g/mol. The summed E-state index contributed by atoms with van der Waals surface area (Å²) in [6.07, 6.45) is 0. The second-order valence-electron chi connectivity index (χ2n) is 6.20. The molecule has 29 heavy (non-hydrogen) atoms. The Hall–Kier alpha value is -1.89. The van der Waals surface area contributed by atoms with Crippen LogP contribution in [0.4, 0.5) is 0 Å². The second kappa shape index (κ2) is 11.3. The predicted molar refractivity (Wildman–Crippen MR) is 110 cm³/mol. The Kier molecular flexibility index (Phi) is 8.52. The highest BCUT2D eigenvalue weighted by atomic mass is 31.2. The third-order valence-corrected chi connectivity index (χ3v) is 6.86. The van der Waals surface area contributed by atoms with Crippen LogP contribution in [-0.2, 0) is 23.3 Å². The van der Waals surface area contributed by atoms with Crippen LogP contribution in [0.25, 0.3) is 0 Å². The molecule has 7 nitrogen and oxygen atoms in total. The van der Waals surface area contributed by atoms with Gasteiger partial charge in [0.2, 0.25) is 0 Å². The molecule has 0 unspecified atom stereocenters. The highest BCUT2D eigenvalue weighted by Gasteiger charge is 2.33. The SMILES string of the molecule is COP1(=O)c2ccccc2OCCOCCOCCOCCOc2ccccc21. The van der Waals surface area contributed by atoms with Gasteiger partial charge in [0.1, 0.15) is 24.7 Å². The molecular weight excluding hydrogens is 395 g/mol. The molecule has 1 aliphatic heterocycles. The molecule has 1 heterocycles. The van der Waals surface area contributed by atoms with Crippen LogP contribution in [0, 0.1) is 0 Å². The van der Waals surface area contributed by atoms with Crippen LogP contribution in [0.1, 0.15) is 0 Å². The van der Waals surface area contributed by atoms with E-state index in [0.717, 1.165) is 0 Å². The molecule has 2 aromatic rings. The first kappa shape index (κ1) is 21.8. The van der Waals surface area contributed by atoms with E-state index in [1.54, 1.807) is 24.3 Å². The van der Waals surface area contributed by atoms with Gasteiger partial charge in [0, 0.05) is 7.11 Å². The van der Waals surface area contributed by atoms with Crippen molar-refractivity contribution in [2.24, 2.45) is 0 Å². The monoisotopic (exact) mass is 422 g/mol. The Bertz CT molecular complexity index is 750. The first-order valence-electron chi connectivity index (χ1n) is 9.59. The summed E-state index contributed by atoms with van der Waals surface area (Å²) in [7, 11) is -2.00. The van der Waals surface area contributed by atoms with Gasteiger partial charge in [0.25, 0.3) is 7.37 Å². The molecule has 0 bridgehead atoms. The Labute approximate surface area is 171 Å². The fourth-order valence-corrected chi connectivity index (χ4v) is 5.01. The van der Waals surface area contributed by atoms with E-state index in [9.17, 15) is 4.57 Å². The highest BCUT2D eigenvalue weighted by molar-refractivity contribution is 7.74. The number of hydrogen-bond donors (Lipinski definition) is 0. The molecule has 1 aliphatic rings. The highest BCUT2D eigenvalue weighted by Crippen LogP contribution is 2.48. The number of ether oxygens (including phenoxy) is 5. The normalized spacial score (nSPS) is 18.8. The van der Waals surface area contributed by atoms with Crippen molar-refractivity contribution in [3.63, 3.8) is 0 Å². The van der Waals surface area contributed by atoms with Crippen LogP contribution < -0.4 is 20.1 Å². The first-order chi connectivity index (χ1) is 14.3. The summed E-state index contributed by atoms with van der Waals surface area (Å²) in [5.41, 5.74) is 0. The van der Waals surface area contributed by atoms with Crippen LogP contribution in [-0.4, -0.2) is 60.0 Å². The fraction of sp³-hybridized carbons (Fsp3) is 0.429. The van der Waals surface area contributed by atoms with Crippen molar-refractivity contribution >= 4 is 18.0 Å². The van der Waals surface area contributed by atoms with Crippen LogP contribution in [0.2, 0.25) is 0 Å². The van der Waals surface area contributed by atoms with Crippen LogP contribution >= 0.6 is 7.37 Å². The van der Waals surface area contributed by atoms with E-state index in [1.165, 1.54) is 7.11 Å². The van der Waals surface area contributed by atoms with Crippen LogP contribution in [0.5, 0.6) is 11.5 Å². The maximum atomic E-state index is 14.0. The molecule has 0 aromatic heterocycles. The number of fused-ring (bicyclic) bond motifs is 2. The van der Waals surface area contributed by atoms with Gasteiger partial charge < -0.3 is 28.2 Å². The van der Waals surface area contributed by atoms with Crippen molar-refractivity contribution in [3.05, 3.63) is 48.5 Å². The van der Waals surface area contributed by atoms with Gasteiger partial charge in [-0.15, -0.1) is 0 Å². The third-order valence-electron chi connectivity index (χ3n) is 4.34. The first-order valence-corrected chi connectivity index (χ1v) is 11.2. The molecule has 8 heteroatoms. The minimum Gasteiger partial charge on any atom is -0.490 e. The lowest BCUT2D eigenvalue weighted by atomic mass is 10.3. The Morgan fingerprint density at radius 2 is 1.03 bits per heavy atom. The smallest absolute Gasteiger partial charge is 0.268 e. The largest absolute Gasteiger partial charge is 0.490 e. The number of hydrogen-bond acceptors (Lipinski definition) is 7. The molecule has 0 amide bonds. The van der Waals surface area contributed by atoms with Gasteiger partial charge >= 0.3 is 0 Å². The summed E-state index contributed by atoms with van der Waals surface area (Å²) in [6.45, 7) is 3.35. The number of para-hydroxylation sites is 2. The molecule has 2 aromatic carbocycles. The molecular formula is C21H27O7P. The quantitative estimate of drug-likeness (QED) is 0.654. The van der Waals surface area contributed by atoms with Gasteiger partial charge in [-0.3, -0.25) is 4.57 Å². The van der Waals surface area contributed by atoms with E-state index >= 15 is 0 Å². The van der Waals surface area contributed by atoms with E-state index in [-0.39, 0.29) is 0 Å². The van der Waals surface area contributed by atoms with Crippen molar-refractivity contribution in [2.75, 3.05) is 60.0 Å². The van der Waals surface area contributed by atoms with E-state index in [0.29, 0.717) is 75.0 Å². The second-order valence-corrected chi connectivity index (χ2v) is 8.64. The lowest BCUT2D eigenvalue weighted by Gasteiger charge is -2.22. The zero-order chi connectivity index (χ0) is 20.4. The topological polar surface area (TPSA) is 72.5 Å². The molecule has 0 saturated heterocycles. The number of benzene rings is 2. The molecule has 0 radical (unpaired) electrons. The lowest BCUT2D eigenvalue weighted by molar-refractivity contribution is 0.00504. The minimum absolute atomic E-state index is 0.321. The molecule has 3 rings (SSSR count). The van der Waals surface area contributed by atoms with Crippen molar-refractivity contribution in [1.82, 2.24) is 0 Å². The molecule has 0 fully saturated rings. The van der Waals surface area contributed by atoms with E-state index in [2.05, 4.69) is 0 Å². The fourth-order valence-electron chi connectivity index (χ4n) is 2.93. The number of rotatable bonds is 1. The molecule has 0 saturated carbocycles. The summed E-state index contributed by atoms with van der Waals surface area (Å²) in [5.74, 6) is 0.994. The van der Waals surface area contributed by atoms with E-state index in [1.807, 2.05) is 24.3 Å². The molecule has 0 spiro atoms. The zero-order valence-corrected chi connectivity index (χ0v) is 17.5. The lowest BCUT2D eigenvalue weighted by Crippen LogP contribution is -2.23. The third kappa shape index (κ3) is 5.81. The van der Waals surface area contributed by atoms with E-state index < -0.39 is 7.37 Å². The summed E-state index contributed by atoms with van der Waals surface area (Å²) in [6, 6.07) is 14.4. The van der Waals surface area contributed by atoms with Gasteiger partial charge in [-0.05, 0) is 24.3 Å².